The highest BCUT2D eigenvalue weighted by Crippen LogP contribution is 2.14. The van der Waals surface area contributed by atoms with Crippen LogP contribution in [0, 0.1) is 12.8 Å². The minimum Gasteiger partial charge on any atom is -0.0625 e. The zero-order valence-electron chi connectivity index (χ0n) is 11.6. The van der Waals surface area contributed by atoms with E-state index < -0.39 is 0 Å². The van der Waals surface area contributed by atoms with Crippen molar-refractivity contribution in [2.24, 2.45) is 5.92 Å². The predicted octanol–water partition coefficient (Wildman–Crippen LogP) is 4.78. The zero-order chi connectivity index (χ0) is 13.0. The molecule has 0 aliphatic rings. The average molecular weight is 238 g/mol. The predicted molar refractivity (Wildman–Crippen MR) is 79.0 cm³/mol. The van der Waals surface area contributed by atoms with Gasteiger partial charge in [-0.2, -0.15) is 0 Å². The first kappa shape index (κ1) is 12.9. The van der Waals surface area contributed by atoms with E-state index in [1.54, 1.807) is 0 Å². The molecule has 0 aliphatic carbocycles. The standard InChI is InChI=1S/C18H22/c1-14(2)11-16-7-9-17(10-8-16)13-18-6-4-5-15(3)12-18/h4-10,12,14H,11,13H2,1-3H3. The van der Waals surface area contributed by atoms with Gasteiger partial charge in [0, 0.05) is 0 Å². The third-order valence-electron chi connectivity index (χ3n) is 3.16. The lowest BCUT2D eigenvalue weighted by Crippen LogP contribution is -1.95. The first-order valence-corrected chi connectivity index (χ1v) is 6.77. The van der Waals surface area contributed by atoms with Crippen molar-refractivity contribution in [3.05, 3.63) is 70.8 Å². The Morgan fingerprint density at radius 1 is 0.833 bits per heavy atom. The Bertz CT molecular complexity index is 492. The number of benzene rings is 2. The Morgan fingerprint density at radius 3 is 2.11 bits per heavy atom. The molecule has 0 radical (unpaired) electrons. The number of hydrogen-bond acceptors (Lipinski definition) is 0. The van der Waals surface area contributed by atoms with Crippen molar-refractivity contribution in [3.8, 4) is 0 Å². The summed E-state index contributed by atoms with van der Waals surface area (Å²) in [7, 11) is 0. The van der Waals surface area contributed by atoms with Gasteiger partial charge in [-0.05, 0) is 42.4 Å². The second-order valence-electron chi connectivity index (χ2n) is 5.58. The quantitative estimate of drug-likeness (QED) is 0.718. The van der Waals surface area contributed by atoms with Gasteiger partial charge in [-0.3, -0.25) is 0 Å². The molecule has 2 aromatic carbocycles. The largest absolute Gasteiger partial charge is 0.0625 e. The van der Waals surface area contributed by atoms with E-state index in [-0.39, 0.29) is 0 Å². The molecule has 0 saturated carbocycles. The molecule has 0 saturated heterocycles. The fraction of sp³-hybridized carbons (Fsp3) is 0.333. The molecule has 0 spiro atoms. The van der Waals surface area contributed by atoms with E-state index in [9.17, 15) is 0 Å². The topological polar surface area (TPSA) is 0 Å². The van der Waals surface area contributed by atoms with Crippen LogP contribution in [0.5, 0.6) is 0 Å². The van der Waals surface area contributed by atoms with Gasteiger partial charge in [-0.15, -0.1) is 0 Å². The molecule has 94 valence electrons. The molecule has 0 bridgehead atoms. The van der Waals surface area contributed by atoms with Gasteiger partial charge in [0.05, 0.1) is 0 Å². The lowest BCUT2D eigenvalue weighted by atomic mass is 9.99. The fourth-order valence-corrected chi connectivity index (χ4v) is 2.32. The molecule has 0 atom stereocenters. The van der Waals surface area contributed by atoms with Gasteiger partial charge >= 0.3 is 0 Å². The van der Waals surface area contributed by atoms with Gasteiger partial charge in [0.15, 0.2) is 0 Å². The Morgan fingerprint density at radius 2 is 1.50 bits per heavy atom. The Kier molecular flexibility index (Phi) is 4.19. The molecule has 0 aliphatic heterocycles. The highest BCUT2D eigenvalue weighted by Gasteiger charge is 2.00. The van der Waals surface area contributed by atoms with Crippen LogP contribution in [0.1, 0.15) is 36.1 Å². The Labute approximate surface area is 111 Å². The van der Waals surface area contributed by atoms with Crippen LogP contribution >= 0.6 is 0 Å². The summed E-state index contributed by atoms with van der Waals surface area (Å²) in [5.74, 6) is 0.729. The van der Waals surface area contributed by atoms with Gasteiger partial charge in [0.1, 0.15) is 0 Å². The van der Waals surface area contributed by atoms with Gasteiger partial charge in [0.25, 0.3) is 0 Å². The first-order valence-electron chi connectivity index (χ1n) is 6.77. The Hall–Kier alpha value is -1.56. The van der Waals surface area contributed by atoms with Crippen LogP contribution in [-0.4, -0.2) is 0 Å². The summed E-state index contributed by atoms with van der Waals surface area (Å²) in [6.07, 6.45) is 2.20. The van der Waals surface area contributed by atoms with Crippen molar-refractivity contribution >= 4 is 0 Å². The van der Waals surface area contributed by atoms with Crippen LogP contribution in [0.15, 0.2) is 48.5 Å². The van der Waals surface area contributed by atoms with Crippen molar-refractivity contribution in [2.45, 2.75) is 33.6 Å². The fourth-order valence-electron chi connectivity index (χ4n) is 2.32. The highest BCUT2D eigenvalue weighted by molar-refractivity contribution is 5.30. The van der Waals surface area contributed by atoms with Gasteiger partial charge in [0.2, 0.25) is 0 Å². The maximum absolute atomic E-state index is 2.27. The minimum atomic E-state index is 0.729. The number of rotatable bonds is 4. The van der Waals surface area contributed by atoms with Crippen LogP contribution < -0.4 is 0 Å². The summed E-state index contributed by atoms with van der Waals surface area (Å²) in [5.41, 5.74) is 5.57. The normalized spacial score (nSPS) is 10.9. The van der Waals surface area contributed by atoms with E-state index in [1.165, 1.54) is 28.7 Å². The summed E-state index contributed by atoms with van der Waals surface area (Å²) < 4.78 is 0. The van der Waals surface area contributed by atoms with E-state index in [4.69, 9.17) is 0 Å². The van der Waals surface area contributed by atoms with Crippen molar-refractivity contribution in [3.63, 3.8) is 0 Å². The number of aryl methyl sites for hydroxylation is 1. The monoisotopic (exact) mass is 238 g/mol. The maximum Gasteiger partial charge on any atom is -0.00257 e. The Balaban J connectivity index is 2.06. The van der Waals surface area contributed by atoms with E-state index in [0.717, 1.165) is 12.3 Å². The van der Waals surface area contributed by atoms with Crippen molar-refractivity contribution in [1.29, 1.82) is 0 Å². The van der Waals surface area contributed by atoms with Gasteiger partial charge < -0.3 is 0 Å². The molecule has 2 aromatic rings. The smallest absolute Gasteiger partial charge is 0.00257 e. The third-order valence-corrected chi connectivity index (χ3v) is 3.16. The molecule has 0 fully saturated rings. The second-order valence-corrected chi connectivity index (χ2v) is 5.58. The summed E-state index contributed by atoms with van der Waals surface area (Å²) in [6, 6.07) is 17.8. The molecule has 0 amide bonds. The van der Waals surface area contributed by atoms with Crippen molar-refractivity contribution in [2.75, 3.05) is 0 Å². The average Bonchev–Trinajstić information content (AvgIpc) is 2.31. The lowest BCUT2D eigenvalue weighted by molar-refractivity contribution is 0.647. The lowest BCUT2D eigenvalue weighted by Gasteiger charge is -2.07. The van der Waals surface area contributed by atoms with E-state index in [0.29, 0.717) is 0 Å². The molecule has 0 aromatic heterocycles. The molecular formula is C18H22. The van der Waals surface area contributed by atoms with Crippen LogP contribution in [0.25, 0.3) is 0 Å². The molecule has 0 heterocycles. The maximum atomic E-state index is 2.27. The minimum absolute atomic E-state index is 0.729. The molecule has 0 nitrogen and oxygen atoms in total. The van der Waals surface area contributed by atoms with E-state index in [1.807, 2.05) is 0 Å². The molecule has 0 unspecified atom stereocenters. The SMILES string of the molecule is Cc1cccc(Cc2ccc(CC(C)C)cc2)c1. The zero-order valence-corrected chi connectivity index (χ0v) is 11.6. The third kappa shape index (κ3) is 3.73. The van der Waals surface area contributed by atoms with Gasteiger partial charge in [-0.25, -0.2) is 0 Å². The molecule has 18 heavy (non-hydrogen) atoms. The van der Waals surface area contributed by atoms with Crippen LogP contribution in [-0.2, 0) is 12.8 Å². The second kappa shape index (κ2) is 5.86. The van der Waals surface area contributed by atoms with Gasteiger partial charge in [-0.1, -0.05) is 67.9 Å². The van der Waals surface area contributed by atoms with Crippen LogP contribution in [0.3, 0.4) is 0 Å². The summed E-state index contributed by atoms with van der Waals surface area (Å²) in [4.78, 5) is 0. The summed E-state index contributed by atoms with van der Waals surface area (Å²) in [6.45, 7) is 6.68. The molecule has 0 heteroatoms. The number of hydrogen-bond donors (Lipinski definition) is 0. The van der Waals surface area contributed by atoms with E-state index in [2.05, 4.69) is 69.3 Å². The summed E-state index contributed by atoms with van der Waals surface area (Å²) in [5, 5.41) is 0. The summed E-state index contributed by atoms with van der Waals surface area (Å²) >= 11 is 0. The highest BCUT2D eigenvalue weighted by atomic mass is 14.0. The molecule has 0 N–H and O–H groups in total. The van der Waals surface area contributed by atoms with Crippen LogP contribution in [0.2, 0.25) is 0 Å². The van der Waals surface area contributed by atoms with Crippen molar-refractivity contribution < 1.29 is 0 Å². The molecular weight excluding hydrogens is 216 g/mol. The first-order chi connectivity index (χ1) is 8.63. The van der Waals surface area contributed by atoms with Crippen molar-refractivity contribution in [1.82, 2.24) is 0 Å². The van der Waals surface area contributed by atoms with Crippen LogP contribution in [0.4, 0.5) is 0 Å². The van der Waals surface area contributed by atoms with E-state index >= 15 is 0 Å². The molecule has 2 rings (SSSR count).